The van der Waals surface area contributed by atoms with Crippen LogP contribution in [0.5, 0.6) is 0 Å². The van der Waals surface area contributed by atoms with Gasteiger partial charge >= 0.3 is 0 Å². The number of ketones is 1. The number of aromatic nitrogens is 4. The van der Waals surface area contributed by atoms with Crippen LogP contribution < -0.4 is 5.32 Å². The van der Waals surface area contributed by atoms with Gasteiger partial charge in [0.1, 0.15) is 5.25 Å². The number of pyridine rings is 1. The molecule has 2 rings (SSSR count). The van der Waals surface area contributed by atoms with Crippen LogP contribution in [0.3, 0.4) is 0 Å². The van der Waals surface area contributed by atoms with Crippen LogP contribution >= 0.6 is 11.8 Å². The summed E-state index contributed by atoms with van der Waals surface area (Å²) in [6, 6.07) is 3.62. The molecule has 0 aliphatic heterocycles. The summed E-state index contributed by atoms with van der Waals surface area (Å²) in [6.45, 7) is 1.36. The van der Waals surface area contributed by atoms with Gasteiger partial charge in [0.05, 0.1) is 0 Å². The molecule has 2 N–H and O–H groups in total. The first-order valence-corrected chi connectivity index (χ1v) is 6.71. The van der Waals surface area contributed by atoms with Crippen LogP contribution in [0.1, 0.15) is 6.92 Å². The SMILES string of the molecule is CNC(=O)[C@H](Sc1n[nH]c(-c2cccnc2)n1)C(C)=O. The number of carbonyl (C=O) groups is 2. The van der Waals surface area contributed by atoms with E-state index in [1.165, 1.54) is 14.0 Å². The Morgan fingerprint density at radius 3 is 2.85 bits per heavy atom. The summed E-state index contributed by atoms with van der Waals surface area (Å²) in [5, 5.41) is 8.70. The first-order chi connectivity index (χ1) is 9.61. The third-order valence-corrected chi connectivity index (χ3v) is 3.65. The highest BCUT2D eigenvalue weighted by Crippen LogP contribution is 2.23. The molecule has 20 heavy (non-hydrogen) atoms. The molecule has 0 aromatic carbocycles. The fourth-order valence-corrected chi connectivity index (χ4v) is 2.33. The number of Topliss-reactive ketones (excluding diaryl/α,β-unsaturated/α-hetero) is 1. The zero-order chi connectivity index (χ0) is 14.5. The van der Waals surface area contributed by atoms with Crippen LogP contribution in [0.15, 0.2) is 29.7 Å². The predicted molar refractivity (Wildman–Crippen MR) is 74.0 cm³/mol. The van der Waals surface area contributed by atoms with E-state index in [9.17, 15) is 9.59 Å². The van der Waals surface area contributed by atoms with E-state index in [0.717, 1.165) is 17.3 Å². The topological polar surface area (TPSA) is 101 Å². The third-order valence-electron chi connectivity index (χ3n) is 2.48. The number of amides is 1. The second-order valence-corrected chi connectivity index (χ2v) is 5.00. The molecular weight excluding hydrogens is 278 g/mol. The Hall–Kier alpha value is -2.22. The lowest BCUT2D eigenvalue weighted by Gasteiger charge is -2.08. The van der Waals surface area contributed by atoms with E-state index in [1.54, 1.807) is 18.5 Å². The number of nitrogens with zero attached hydrogens (tertiary/aromatic N) is 3. The molecule has 0 fully saturated rings. The molecule has 0 aliphatic rings. The van der Waals surface area contributed by atoms with Crippen molar-refractivity contribution < 1.29 is 9.59 Å². The largest absolute Gasteiger partial charge is 0.358 e. The molecule has 0 saturated heterocycles. The highest BCUT2D eigenvalue weighted by atomic mass is 32.2. The smallest absolute Gasteiger partial charge is 0.240 e. The number of carbonyl (C=O) groups excluding carboxylic acids is 2. The van der Waals surface area contributed by atoms with Gasteiger partial charge in [-0.15, -0.1) is 5.10 Å². The molecule has 1 amide bonds. The van der Waals surface area contributed by atoms with Gasteiger partial charge in [-0.05, 0) is 19.1 Å². The van der Waals surface area contributed by atoms with Crippen LogP contribution in [0.25, 0.3) is 11.4 Å². The van der Waals surface area contributed by atoms with Crippen LogP contribution in [0.2, 0.25) is 0 Å². The average molecular weight is 291 g/mol. The minimum absolute atomic E-state index is 0.248. The summed E-state index contributed by atoms with van der Waals surface area (Å²) in [5.74, 6) is -0.0721. The Kier molecular flexibility index (Phi) is 4.46. The van der Waals surface area contributed by atoms with E-state index in [2.05, 4.69) is 25.5 Å². The van der Waals surface area contributed by atoms with Crippen molar-refractivity contribution in [2.75, 3.05) is 7.05 Å². The molecule has 0 saturated carbocycles. The molecule has 2 heterocycles. The summed E-state index contributed by atoms with van der Waals surface area (Å²) >= 11 is 1.01. The van der Waals surface area contributed by atoms with E-state index in [4.69, 9.17) is 0 Å². The minimum atomic E-state index is -0.849. The predicted octanol–water partition coefficient (Wildman–Crippen LogP) is 0.662. The first kappa shape index (κ1) is 14.2. The van der Waals surface area contributed by atoms with Crippen LogP contribution in [-0.2, 0) is 9.59 Å². The molecule has 0 bridgehead atoms. The van der Waals surface area contributed by atoms with Crippen molar-refractivity contribution in [1.29, 1.82) is 0 Å². The Morgan fingerprint density at radius 2 is 2.25 bits per heavy atom. The van der Waals surface area contributed by atoms with Gasteiger partial charge in [0.15, 0.2) is 11.6 Å². The quantitative estimate of drug-likeness (QED) is 0.620. The molecule has 0 radical (unpaired) electrons. The van der Waals surface area contributed by atoms with Gasteiger partial charge in [-0.25, -0.2) is 4.98 Å². The Labute approximate surface area is 119 Å². The highest BCUT2D eigenvalue weighted by Gasteiger charge is 2.25. The van der Waals surface area contributed by atoms with Crippen molar-refractivity contribution in [3.8, 4) is 11.4 Å². The minimum Gasteiger partial charge on any atom is -0.358 e. The van der Waals surface area contributed by atoms with E-state index >= 15 is 0 Å². The van der Waals surface area contributed by atoms with E-state index < -0.39 is 5.25 Å². The van der Waals surface area contributed by atoms with Gasteiger partial charge in [0.25, 0.3) is 0 Å². The molecule has 8 heteroatoms. The number of hydrogen-bond acceptors (Lipinski definition) is 6. The van der Waals surface area contributed by atoms with E-state index in [-0.39, 0.29) is 11.7 Å². The maximum absolute atomic E-state index is 11.6. The monoisotopic (exact) mass is 291 g/mol. The second-order valence-electron chi connectivity index (χ2n) is 3.93. The summed E-state index contributed by atoms with van der Waals surface area (Å²) < 4.78 is 0. The Morgan fingerprint density at radius 1 is 1.45 bits per heavy atom. The fraction of sp³-hybridized carbons (Fsp3) is 0.250. The Bertz CT molecular complexity index is 613. The lowest BCUT2D eigenvalue weighted by molar-refractivity contribution is -0.126. The van der Waals surface area contributed by atoms with Gasteiger partial charge in [-0.1, -0.05) is 11.8 Å². The van der Waals surface area contributed by atoms with Crippen molar-refractivity contribution in [2.24, 2.45) is 0 Å². The average Bonchev–Trinajstić information content (AvgIpc) is 2.93. The second kappa shape index (κ2) is 6.29. The standard InChI is InChI=1S/C12H13N5O2S/c1-7(18)9(11(19)13-2)20-12-15-10(16-17-12)8-4-3-5-14-6-8/h3-6,9H,1-2H3,(H,13,19)(H,15,16,17)/t9-/m1/s1. The molecule has 2 aromatic rings. The molecule has 1 atom stereocenters. The highest BCUT2D eigenvalue weighted by molar-refractivity contribution is 8.01. The number of nitrogens with one attached hydrogen (secondary N) is 2. The number of thioether (sulfide) groups is 1. The maximum atomic E-state index is 11.6. The first-order valence-electron chi connectivity index (χ1n) is 5.83. The lowest BCUT2D eigenvalue weighted by Crippen LogP contribution is -2.34. The van der Waals surface area contributed by atoms with Crippen LogP contribution in [-0.4, -0.2) is 44.2 Å². The molecule has 2 aromatic heterocycles. The molecule has 0 spiro atoms. The van der Waals surface area contributed by atoms with Crippen molar-refractivity contribution in [2.45, 2.75) is 17.3 Å². The normalized spacial score (nSPS) is 11.9. The summed E-state index contributed by atoms with van der Waals surface area (Å²) in [7, 11) is 1.48. The molecule has 7 nitrogen and oxygen atoms in total. The maximum Gasteiger partial charge on any atom is 0.240 e. The van der Waals surface area contributed by atoms with Crippen LogP contribution in [0, 0.1) is 0 Å². The van der Waals surface area contributed by atoms with Gasteiger partial charge in [-0.3, -0.25) is 19.7 Å². The number of H-pyrrole nitrogens is 1. The van der Waals surface area contributed by atoms with Crippen molar-refractivity contribution >= 4 is 23.5 Å². The summed E-state index contributed by atoms with van der Waals surface area (Å²) in [4.78, 5) is 31.3. The van der Waals surface area contributed by atoms with Crippen molar-refractivity contribution in [1.82, 2.24) is 25.5 Å². The number of rotatable bonds is 5. The van der Waals surface area contributed by atoms with Crippen molar-refractivity contribution in [3.05, 3.63) is 24.5 Å². The third kappa shape index (κ3) is 3.21. The van der Waals surface area contributed by atoms with Crippen molar-refractivity contribution in [3.63, 3.8) is 0 Å². The van der Waals surface area contributed by atoms with Gasteiger partial charge < -0.3 is 5.32 Å². The van der Waals surface area contributed by atoms with Crippen LogP contribution in [0.4, 0.5) is 0 Å². The molecule has 0 unspecified atom stereocenters. The number of aromatic amines is 1. The van der Waals surface area contributed by atoms with E-state index in [0.29, 0.717) is 11.0 Å². The number of hydrogen-bond donors (Lipinski definition) is 2. The van der Waals surface area contributed by atoms with Gasteiger partial charge in [0.2, 0.25) is 11.1 Å². The summed E-state index contributed by atoms with van der Waals surface area (Å²) in [6.07, 6.45) is 3.31. The van der Waals surface area contributed by atoms with Gasteiger partial charge in [-0.2, -0.15) is 0 Å². The zero-order valence-corrected chi connectivity index (χ0v) is 11.8. The molecule has 0 aliphatic carbocycles. The Balaban J connectivity index is 2.17. The fourth-order valence-electron chi connectivity index (χ4n) is 1.49. The van der Waals surface area contributed by atoms with E-state index in [1.807, 2.05) is 6.07 Å². The van der Waals surface area contributed by atoms with Gasteiger partial charge in [0, 0.05) is 25.0 Å². The molecular formula is C12H13N5O2S. The lowest BCUT2D eigenvalue weighted by atomic mass is 10.3. The zero-order valence-electron chi connectivity index (χ0n) is 11.0. The molecule has 104 valence electrons. The summed E-state index contributed by atoms with van der Waals surface area (Å²) in [5.41, 5.74) is 0.783.